The maximum absolute atomic E-state index is 10.9. The summed E-state index contributed by atoms with van der Waals surface area (Å²) in [7, 11) is 0. The Hall–Kier alpha value is -0.620. The van der Waals surface area contributed by atoms with Crippen LogP contribution in [0, 0.1) is 0 Å². The molecule has 78 valence electrons. The first-order chi connectivity index (χ1) is 6.41. The third-order valence-electron chi connectivity index (χ3n) is 1.38. The summed E-state index contributed by atoms with van der Waals surface area (Å²) in [6.07, 6.45) is -0.588. The Bertz CT molecular complexity index is 245. The average molecular weight is 234 g/mol. The van der Waals surface area contributed by atoms with Gasteiger partial charge in [0.25, 0.3) is 0 Å². The molecule has 14 heavy (non-hydrogen) atoms. The monoisotopic (exact) mass is 234 g/mol. The first-order valence-electron chi connectivity index (χ1n) is 3.89. The largest absolute Gasteiger partial charge is 0.299 e. The van der Waals surface area contributed by atoms with Crippen molar-refractivity contribution in [3.8, 4) is 0 Å². The first kappa shape index (κ1) is 13.4. The summed E-state index contributed by atoms with van der Waals surface area (Å²) in [5, 5.41) is -1.04. The van der Waals surface area contributed by atoms with E-state index in [4.69, 9.17) is 0 Å². The van der Waals surface area contributed by atoms with Crippen molar-refractivity contribution in [3.05, 3.63) is 0 Å². The van der Waals surface area contributed by atoms with Crippen LogP contribution in [-0.2, 0) is 19.2 Å². The first-order valence-corrected chi connectivity index (χ1v) is 4.78. The Morgan fingerprint density at radius 2 is 1.00 bits per heavy atom. The lowest BCUT2D eigenvalue weighted by molar-refractivity contribution is -0.128. The van der Waals surface area contributed by atoms with Crippen LogP contribution in [0.25, 0.3) is 0 Å². The van der Waals surface area contributed by atoms with Crippen molar-refractivity contribution in [2.24, 2.45) is 0 Å². The fourth-order valence-corrected chi connectivity index (χ4v) is 1.15. The van der Waals surface area contributed by atoms with Crippen LogP contribution >= 0.6 is 25.3 Å². The van der Waals surface area contributed by atoms with E-state index in [2.05, 4.69) is 25.3 Å². The lowest BCUT2D eigenvalue weighted by Crippen LogP contribution is -2.08. The summed E-state index contributed by atoms with van der Waals surface area (Å²) >= 11 is 6.85. The van der Waals surface area contributed by atoms with E-state index in [1.54, 1.807) is 0 Å². The molecular weight excluding hydrogens is 224 g/mol. The fraction of sp³-hybridized carbons (Fsp3) is 0.500. The molecule has 0 aliphatic rings. The third kappa shape index (κ3) is 8.00. The smallest absolute Gasteiger partial charge is 0.193 e. The second kappa shape index (κ2) is 6.78. The molecule has 0 aromatic carbocycles. The SMILES string of the molecule is O=C(S)CC(=O)CCC(=O)CC(=O)S. The summed E-state index contributed by atoms with van der Waals surface area (Å²) in [6.45, 7) is 0. The summed E-state index contributed by atoms with van der Waals surface area (Å²) in [4.78, 5) is 42.6. The van der Waals surface area contributed by atoms with Crippen LogP contribution in [0.4, 0.5) is 0 Å². The van der Waals surface area contributed by atoms with Gasteiger partial charge in [-0.3, -0.25) is 19.2 Å². The zero-order valence-electron chi connectivity index (χ0n) is 7.36. The zero-order valence-corrected chi connectivity index (χ0v) is 9.14. The van der Waals surface area contributed by atoms with Crippen molar-refractivity contribution < 1.29 is 19.2 Å². The number of carbonyl (C=O) groups is 4. The quantitative estimate of drug-likeness (QED) is 0.500. The fourth-order valence-electron chi connectivity index (χ4n) is 0.793. The van der Waals surface area contributed by atoms with Crippen molar-refractivity contribution in [1.29, 1.82) is 0 Å². The molecule has 0 unspecified atom stereocenters. The van der Waals surface area contributed by atoms with Gasteiger partial charge >= 0.3 is 0 Å². The predicted molar refractivity (Wildman–Crippen MR) is 56.5 cm³/mol. The van der Waals surface area contributed by atoms with Gasteiger partial charge in [-0.2, -0.15) is 0 Å². The normalized spacial score (nSPS) is 9.57. The number of hydrogen-bond acceptors (Lipinski definition) is 4. The molecule has 6 heteroatoms. The molecular formula is C8H10O4S2. The highest BCUT2D eigenvalue weighted by molar-refractivity contribution is 7.96. The summed E-state index contributed by atoms with van der Waals surface area (Å²) in [5.41, 5.74) is 0. The van der Waals surface area contributed by atoms with Crippen LogP contribution in [-0.4, -0.2) is 21.8 Å². The lowest BCUT2D eigenvalue weighted by Gasteiger charge is -1.96. The Kier molecular flexibility index (Phi) is 6.48. The zero-order chi connectivity index (χ0) is 11.1. The molecule has 0 rings (SSSR count). The van der Waals surface area contributed by atoms with Crippen LogP contribution < -0.4 is 0 Å². The molecule has 0 aliphatic heterocycles. The van der Waals surface area contributed by atoms with Gasteiger partial charge in [-0.1, -0.05) is 0 Å². The minimum absolute atomic E-state index is 0.0216. The Morgan fingerprint density at radius 3 is 1.21 bits per heavy atom. The Balaban J connectivity index is 3.72. The number of thiol groups is 2. The number of hydrogen-bond donors (Lipinski definition) is 2. The van der Waals surface area contributed by atoms with E-state index in [9.17, 15) is 19.2 Å². The highest BCUT2D eigenvalue weighted by Gasteiger charge is 2.10. The lowest BCUT2D eigenvalue weighted by atomic mass is 10.1. The summed E-state index contributed by atoms with van der Waals surface area (Å²) < 4.78 is 0. The van der Waals surface area contributed by atoms with Crippen molar-refractivity contribution in [1.82, 2.24) is 0 Å². The van der Waals surface area contributed by atoms with Gasteiger partial charge in [0.05, 0.1) is 12.8 Å². The highest BCUT2D eigenvalue weighted by Crippen LogP contribution is 2.02. The number of Topliss-reactive ketones (excluding diaryl/α,β-unsaturated/α-hetero) is 2. The molecule has 0 bridgehead atoms. The van der Waals surface area contributed by atoms with Gasteiger partial charge in [0.2, 0.25) is 0 Å². The molecule has 0 heterocycles. The van der Waals surface area contributed by atoms with E-state index in [1.807, 2.05) is 0 Å². The molecule has 0 N–H and O–H groups in total. The molecule has 0 saturated heterocycles. The van der Waals surface area contributed by atoms with Gasteiger partial charge in [0, 0.05) is 12.8 Å². The Morgan fingerprint density at radius 1 is 0.714 bits per heavy atom. The van der Waals surface area contributed by atoms with E-state index < -0.39 is 10.2 Å². The highest BCUT2D eigenvalue weighted by atomic mass is 32.1. The van der Waals surface area contributed by atoms with E-state index in [0.29, 0.717) is 0 Å². The number of rotatable bonds is 7. The van der Waals surface area contributed by atoms with E-state index in [-0.39, 0.29) is 37.2 Å². The van der Waals surface area contributed by atoms with Crippen LogP contribution in [0.3, 0.4) is 0 Å². The topological polar surface area (TPSA) is 68.3 Å². The van der Waals surface area contributed by atoms with Crippen LogP contribution in [0.15, 0.2) is 0 Å². The van der Waals surface area contributed by atoms with Crippen LogP contribution in [0.5, 0.6) is 0 Å². The molecule has 0 aliphatic carbocycles. The molecule has 0 atom stereocenters. The number of carbonyl (C=O) groups excluding carboxylic acids is 4. The standard InChI is InChI=1S/C8H10O4S2/c9-5(3-7(11)13)1-2-6(10)4-8(12)14/h1-4H2,(H,11,13)(H,12,14). The second-order valence-electron chi connectivity index (χ2n) is 2.72. The van der Waals surface area contributed by atoms with Gasteiger partial charge in [-0.25, -0.2) is 0 Å². The predicted octanol–water partition coefficient (Wildman–Crippen LogP) is 0.598. The van der Waals surface area contributed by atoms with Gasteiger partial charge < -0.3 is 0 Å². The minimum Gasteiger partial charge on any atom is -0.299 e. The molecule has 0 saturated carbocycles. The maximum atomic E-state index is 10.9. The van der Waals surface area contributed by atoms with E-state index >= 15 is 0 Å². The molecule has 0 amide bonds. The van der Waals surface area contributed by atoms with Gasteiger partial charge in [-0.05, 0) is 0 Å². The van der Waals surface area contributed by atoms with Crippen molar-refractivity contribution >= 4 is 47.1 Å². The average Bonchev–Trinajstić information content (AvgIpc) is 1.98. The second-order valence-corrected chi connectivity index (χ2v) is 3.72. The maximum Gasteiger partial charge on any atom is 0.193 e. The molecule has 0 spiro atoms. The molecule has 0 fully saturated rings. The van der Waals surface area contributed by atoms with Gasteiger partial charge in [-0.15, -0.1) is 25.3 Å². The van der Waals surface area contributed by atoms with Crippen molar-refractivity contribution in [2.45, 2.75) is 25.7 Å². The number of ketones is 2. The molecule has 0 aromatic rings. The molecule has 0 radical (unpaired) electrons. The van der Waals surface area contributed by atoms with E-state index in [1.165, 1.54) is 0 Å². The summed E-state index contributed by atoms with van der Waals surface area (Å²) in [5.74, 6) is -0.685. The van der Waals surface area contributed by atoms with Gasteiger partial charge in [0.1, 0.15) is 11.6 Å². The van der Waals surface area contributed by atoms with Crippen LogP contribution in [0.2, 0.25) is 0 Å². The summed E-state index contributed by atoms with van der Waals surface area (Å²) in [6, 6.07) is 0. The van der Waals surface area contributed by atoms with E-state index in [0.717, 1.165) is 0 Å². The minimum atomic E-state index is -0.521. The molecule has 0 aromatic heterocycles. The third-order valence-corrected chi connectivity index (χ3v) is 1.70. The van der Waals surface area contributed by atoms with Crippen LogP contribution in [0.1, 0.15) is 25.7 Å². The Labute approximate surface area is 92.3 Å². The van der Waals surface area contributed by atoms with Crippen molar-refractivity contribution in [3.63, 3.8) is 0 Å². The van der Waals surface area contributed by atoms with Crippen molar-refractivity contribution in [2.75, 3.05) is 0 Å². The molecule has 4 nitrogen and oxygen atoms in total. The van der Waals surface area contributed by atoms with Gasteiger partial charge in [0.15, 0.2) is 10.2 Å².